The lowest BCUT2D eigenvalue weighted by Gasteiger charge is -2.18. The molecule has 0 rings (SSSR count). The number of allylic oxidation sites excluding steroid dienone is 14. The third-order valence-electron chi connectivity index (χ3n) is 15.4. The van der Waals surface area contributed by atoms with E-state index in [4.69, 9.17) is 14.2 Å². The van der Waals surface area contributed by atoms with Gasteiger partial charge in [0.15, 0.2) is 6.10 Å². The van der Waals surface area contributed by atoms with Crippen molar-refractivity contribution in [1.82, 2.24) is 0 Å². The van der Waals surface area contributed by atoms with Gasteiger partial charge in [-0.3, -0.25) is 14.4 Å². The fourth-order valence-electron chi connectivity index (χ4n) is 10.1. The third kappa shape index (κ3) is 67.3. The molecule has 0 aliphatic rings. The zero-order valence-corrected chi connectivity index (χ0v) is 53.8. The molecular formula is C75H132O6. The molecule has 0 bridgehead atoms. The zero-order valence-electron chi connectivity index (χ0n) is 53.8. The van der Waals surface area contributed by atoms with Crippen LogP contribution in [-0.2, 0) is 28.6 Å². The molecule has 6 nitrogen and oxygen atoms in total. The van der Waals surface area contributed by atoms with Gasteiger partial charge in [-0.2, -0.15) is 0 Å². The summed E-state index contributed by atoms with van der Waals surface area (Å²) >= 11 is 0. The molecule has 1 unspecified atom stereocenters. The molecule has 0 aliphatic heterocycles. The summed E-state index contributed by atoms with van der Waals surface area (Å²) in [6, 6.07) is 0. The van der Waals surface area contributed by atoms with E-state index in [9.17, 15) is 14.4 Å². The lowest BCUT2D eigenvalue weighted by atomic mass is 10.0. The molecule has 0 spiro atoms. The molecule has 468 valence electrons. The molecular weight excluding hydrogens is 997 g/mol. The predicted octanol–water partition coefficient (Wildman–Crippen LogP) is 24.2. The first-order valence-corrected chi connectivity index (χ1v) is 35.1. The van der Waals surface area contributed by atoms with Crippen molar-refractivity contribution in [2.75, 3.05) is 13.2 Å². The number of carbonyl (C=O) groups is 3. The fraction of sp³-hybridized carbons (Fsp3) is 0.773. The Morgan fingerprint density at radius 1 is 0.259 bits per heavy atom. The molecule has 0 aromatic carbocycles. The summed E-state index contributed by atoms with van der Waals surface area (Å²) in [5.74, 6) is -0.878. The van der Waals surface area contributed by atoms with Crippen molar-refractivity contribution in [1.29, 1.82) is 0 Å². The average Bonchev–Trinajstić information content (AvgIpc) is 3.47. The van der Waals surface area contributed by atoms with Crippen molar-refractivity contribution < 1.29 is 28.6 Å². The molecule has 81 heavy (non-hydrogen) atoms. The van der Waals surface area contributed by atoms with Crippen LogP contribution in [0, 0.1) is 0 Å². The van der Waals surface area contributed by atoms with Gasteiger partial charge in [0.2, 0.25) is 0 Å². The van der Waals surface area contributed by atoms with Gasteiger partial charge in [0, 0.05) is 19.3 Å². The predicted molar refractivity (Wildman–Crippen MR) is 353 cm³/mol. The van der Waals surface area contributed by atoms with Crippen molar-refractivity contribution in [2.24, 2.45) is 0 Å². The van der Waals surface area contributed by atoms with Crippen LogP contribution in [0.1, 0.15) is 355 Å². The van der Waals surface area contributed by atoms with E-state index in [0.29, 0.717) is 19.3 Å². The SMILES string of the molecule is CC/C=C\C/C=C\C/C=C\C/C=C\C/C=C\CCCCCCCCCC(=O)OCC(COC(=O)CCCCCCCCC/C=C\CCCCCCCC)OC(=O)CCCCCCCCCCCCC/C=C\CCCCCCCCCC. The van der Waals surface area contributed by atoms with Crippen LogP contribution in [-0.4, -0.2) is 37.2 Å². The molecule has 1 atom stereocenters. The Bertz CT molecular complexity index is 1530. The fourth-order valence-corrected chi connectivity index (χ4v) is 10.1. The molecule has 0 aromatic heterocycles. The summed E-state index contributed by atoms with van der Waals surface area (Å²) in [4.78, 5) is 38.5. The van der Waals surface area contributed by atoms with E-state index in [2.05, 4.69) is 106 Å². The van der Waals surface area contributed by atoms with Crippen LogP contribution >= 0.6 is 0 Å². The van der Waals surface area contributed by atoms with Crippen LogP contribution in [0.2, 0.25) is 0 Å². The van der Waals surface area contributed by atoms with Gasteiger partial charge >= 0.3 is 17.9 Å². The molecule has 0 amide bonds. The zero-order chi connectivity index (χ0) is 58.5. The summed E-state index contributed by atoms with van der Waals surface area (Å²) in [6.07, 6.45) is 91.7. The minimum atomic E-state index is -0.786. The van der Waals surface area contributed by atoms with Gasteiger partial charge in [0.05, 0.1) is 0 Å². The minimum Gasteiger partial charge on any atom is -0.462 e. The van der Waals surface area contributed by atoms with E-state index in [1.54, 1.807) is 0 Å². The molecule has 0 heterocycles. The minimum absolute atomic E-state index is 0.0806. The second kappa shape index (κ2) is 69.1. The second-order valence-electron chi connectivity index (χ2n) is 23.4. The highest BCUT2D eigenvalue weighted by Crippen LogP contribution is 2.17. The highest BCUT2D eigenvalue weighted by atomic mass is 16.6. The van der Waals surface area contributed by atoms with Crippen LogP contribution in [0.25, 0.3) is 0 Å². The molecule has 6 heteroatoms. The lowest BCUT2D eigenvalue weighted by Crippen LogP contribution is -2.30. The molecule has 0 N–H and O–H groups in total. The van der Waals surface area contributed by atoms with Gasteiger partial charge in [0.1, 0.15) is 13.2 Å². The van der Waals surface area contributed by atoms with Gasteiger partial charge in [0.25, 0.3) is 0 Å². The summed E-state index contributed by atoms with van der Waals surface area (Å²) in [5, 5.41) is 0. The van der Waals surface area contributed by atoms with Gasteiger partial charge in [-0.25, -0.2) is 0 Å². The number of hydrogen-bond donors (Lipinski definition) is 0. The smallest absolute Gasteiger partial charge is 0.306 e. The Balaban J connectivity index is 4.38. The number of rotatable bonds is 64. The van der Waals surface area contributed by atoms with Gasteiger partial charge < -0.3 is 14.2 Å². The largest absolute Gasteiger partial charge is 0.462 e. The monoisotopic (exact) mass is 1130 g/mol. The highest BCUT2D eigenvalue weighted by Gasteiger charge is 2.19. The third-order valence-corrected chi connectivity index (χ3v) is 15.4. The van der Waals surface area contributed by atoms with Crippen molar-refractivity contribution in [3.63, 3.8) is 0 Å². The Morgan fingerprint density at radius 2 is 0.481 bits per heavy atom. The molecule has 0 aromatic rings. The number of esters is 3. The Hall–Kier alpha value is -3.41. The number of ether oxygens (including phenoxy) is 3. The first-order valence-electron chi connectivity index (χ1n) is 35.1. The lowest BCUT2D eigenvalue weighted by molar-refractivity contribution is -0.167. The van der Waals surface area contributed by atoms with E-state index in [1.807, 2.05) is 0 Å². The Kier molecular flexibility index (Phi) is 66.2. The molecule has 0 aliphatic carbocycles. The van der Waals surface area contributed by atoms with Crippen LogP contribution in [0.3, 0.4) is 0 Å². The topological polar surface area (TPSA) is 78.9 Å². The summed E-state index contributed by atoms with van der Waals surface area (Å²) in [5.41, 5.74) is 0. The molecule has 0 saturated carbocycles. The van der Waals surface area contributed by atoms with Crippen molar-refractivity contribution in [2.45, 2.75) is 361 Å². The van der Waals surface area contributed by atoms with E-state index in [1.165, 1.54) is 218 Å². The van der Waals surface area contributed by atoms with Gasteiger partial charge in [-0.1, -0.05) is 305 Å². The first kappa shape index (κ1) is 77.6. The Morgan fingerprint density at radius 3 is 0.765 bits per heavy atom. The Labute approximate surface area is 503 Å². The first-order chi connectivity index (χ1) is 40.0. The molecule has 0 radical (unpaired) electrons. The van der Waals surface area contributed by atoms with E-state index in [0.717, 1.165) is 96.3 Å². The van der Waals surface area contributed by atoms with Crippen LogP contribution in [0.5, 0.6) is 0 Å². The van der Waals surface area contributed by atoms with Crippen LogP contribution in [0.15, 0.2) is 85.1 Å². The number of unbranched alkanes of at least 4 members (excludes halogenated alkanes) is 39. The highest BCUT2D eigenvalue weighted by molar-refractivity contribution is 5.71. The maximum absolute atomic E-state index is 13.0. The van der Waals surface area contributed by atoms with E-state index >= 15 is 0 Å². The molecule has 0 fully saturated rings. The van der Waals surface area contributed by atoms with E-state index in [-0.39, 0.29) is 31.1 Å². The number of hydrogen-bond acceptors (Lipinski definition) is 6. The van der Waals surface area contributed by atoms with Gasteiger partial charge in [-0.05, 0) is 116 Å². The normalized spacial score (nSPS) is 12.6. The van der Waals surface area contributed by atoms with Crippen molar-refractivity contribution >= 4 is 17.9 Å². The van der Waals surface area contributed by atoms with Gasteiger partial charge in [-0.15, -0.1) is 0 Å². The van der Waals surface area contributed by atoms with Crippen molar-refractivity contribution in [3.05, 3.63) is 85.1 Å². The van der Waals surface area contributed by atoms with Crippen LogP contribution in [0.4, 0.5) is 0 Å². The summed E-state index contributed by atoms with van der Waals surface area (Å²) in [6.45, 7) is 6.56. The summed E-state index contributed by atoms with van der Waals surface area (Å²) in [7, 11) is 0. The quantitative estimate of drug-likeness (QED) is 0.0261. The summed E-state index contributed by atoms with van der Waals surface area (Å²) < 4.78 is 17.0. The maximum Gasteiger partial charge on any atom is 0.306 e. The van der Waals surface area contributed by atoms with Crippen LogP contribution < -0.4 is 0 Å². The van der Waals surface area contributed by atoms with E-state index < -0.39 is 6.10 Å². The molecule has 0 saturated heterocycles. The van der Waals surface area contributed by atoms with Crippen molar-refractivity contribution in [3.8, 4) is 0 Å². The average molecular weight is 1130 g/mol. The standard InChI is InChI=1S/C75H132O6/c1-4-7-10-13-16-19-22-25-28-31-33-35-37-39-41-44-47-50-53-56-59-62-65-68-74(77)80-71-72(70-79-73(76)67-64-61-58-55-52-49-46-43-30-27-24-21-18-15-12-9-6-3)81-75(78)69-66-63-60-57-54-51-48-45-42-40-38-36-34-32-29-26-23-20-17-14-11-8-5-2/h7,10,16,19,25,27-28,30,32-35,39,41,72H,4-6,8-9,11-15,17-18,20-24,26,29,31,36-38,40,42-71H2,1-3H3/b10-7-,19-16-,28-25-,30-27-,34-32-,35-33-,41-39-. The maximum atomic E-state index is 13.0. The number of carbonyl (C=O) groups excluding carboxylic acids is 3. The second-order valence-corrected chi connectivity index (χ2v) is 23.4.